The number of aliphatic carboxylic acids is 3. The van der Waals surface area contributed by atoms with E-state index in [0.29, 0.717) is 0 Å². The van der Waals surface area contributed by atoms with Crippen LogP contribution in [0.4, 0.5) is 0 Å². The smallest absolute Gasteiger partial charge is 0.326 e. The number of carbonyl (C=O) groups is 7. The number of hydrogen-bond acceptors (Lipinski definition) is 8. The summed E-state index contributed by atoms with van der Waals surface area (Å²) >= 11 is 0. The number of para-hydroxylation sites is 1. The highest BCUT2D eigenvalue weighted by molar-refractivity contribution is 5.96. The van der Waals surface area contributed by atoms with Gasteiger partial charge in [0.05, 0.1) is 12.5 Å². The molecule has 0 radical (unpaired) electrons. The molecular weight excluding hydrogens is 544 g/mol. The molecule has 4 atom stereocenters. The van der Waals surface area contributed by atoms with E-state index in [0.717, 1.165) is 16.5 Å². The Bertz CT molecular complexity index is 1310. The monoisotopic (exact) mass is 576 g/mol. The summed E-state index contributed by atoms with van der Waals surface area (Å²) in [4.78, 5) is 86.6. The van der Waals surface area contributed by atoms with Gasteiger partial charge < -0.3 is 47.7 Å². The number of aromatic nitrogens is 1. The Hall–Kier alpha value is -4.99. The van der Waals surface area contributed by atoms with Gasteiger partial charge in [0.25, 0.3) is 0 Å². The molecule has 1 heterocycles. The highest BCUT2D eigenvalue weighted by Gasteiger charge is 2.32. The predicted molar refractivity (Wildman–Crippen MR) is 141 cm³/mol. The number of primary amides is 1. The number of carboxylic acids is 3. The summed E-state index contributed by atoms with van der Waals surface area (Å²) in [5, 5.41) is 34.6. The quantitative estimate of drug-likeness (QED) is 0.101. The predicted octanol–water partition coefficient (Wildman–Crippen LogP) is -1.82. The van der Waals surface area contributed by atoms with Gasteiger partial charge in [-0.15, -0.1) is 0 Å². The molecule has 2 aromatic rings. The van der Waals surface area contributed by atoms with Crippen molar-refractivity contribution in [3.63, 3.8) is 0 Å². The highest BCUT2D eigenvalue weighted by atomic mass is 16.4. The van der Waals surface area contributed by atoms with E-state index in [-0.39, 0.29) is 6.42 Å². The molecule has 4 unspecified atom stereocenters. The summed E-state index contributed by atoms with van der Waals surface area (Å²) in [5.41, 5.74) is 12.8. The maximum atomic E-state index is 13.0. The Morgan fingerprint density at radius 3 is 1.90 bits per heavy atom. The number of carboxylic acid groups (broad SMARTS) is 3. The Morgan fingerprint density at radius 1 is 0.780 bits per heavy atom. The molecule has 0 saturated heterocycles. The van der Waals surface area contributed by atoms with E-state index >= 15 is 0 Å². The molecule has 2 rings (SSSR count). The summed E-state index contributed by atoms with van der Waals surface area (Å²) < 4.78 is 0. The summed E-state index contributed by atoms with van der Waals surface area (Å²) in [6.45, 7) is 0. The lowest BCUT2D eigenvalue weighted by Crippen LogP contribution is -2.58. The number of nitrogens with two attached hydrogens (primary N) is 2. The second-order valence-electron chi connectivity index (χ2n) is 9.23. The number of amides is 4. The maximum Gasteiger partial charge on any atom is 0.326 e. The minimum atomic E-state index is -1.71. The summed E-state index contributed by atoms with van der Waals surface area (Å²) in [7, 11) is 0. The first-order valence-electron chi connectivity index (χ1n) is 12.4. The summed E-state index contributed by atoms with van der Waals surface area (Å²) in [6.07, 6.45) is -1.07. The summed E-state index contributed by atoms with van der Waals surface area (Å²) in [5.74, 6) is -8.21. The number of benzene rings is 1. The Balaban J connectivity index is 2.16. The molecule has 0 fully saturated rings. The van der Waals surface area contributed by atoms with Crippen LogP contribution in [0.1, 0.15) is 37.7 Å². The van der Waals surface area contributed by atoms with Crippen LogP contribution >= 0.6 is 0 Å². The molecule has 41 heavy (non-hydrogen) atoms. The second-order valence-corrected chi connectivity index (χ2v) is 9.23. The first kappa shape index (κ1) is 32.2. The molecule has 16 nitrogen and oxygen atoms in total. The van der Waals surface area contributed by atoms with Crippen LogP contribution in [-0.4, -0.2) is 86.0 Å². The van der Waals surface area contributed by atoms with Gasteiger partial charge in [-0.3, -0.25) is 28.8 Å². The minimum Gasteiger partial charge on any atom is -0.481 e. The Labute approximate surface area is 232 Å². The minimum absolute atomic E-state index is 0.0722. The molecule has 0 spiro atoms. The van der Waals surface area contributed by atoms with Crippen molar-refractivity contribution >= 4 is 52.4 Å². The molecule has 0 saturated carbocycles. The molecule has 0 aliphatic heterocycles. The molecule has 0 bridgehead atoms. The van der Waals surface area contributed by atoms with Crippen LogP contribution in [0.3, 0.4) is 0 Å². The summed E-state index contributed by atoms with van der Waals surface area (Å²) in [6, 6.07) is 1.27. The van der Waals surface area contributed by atoms with Gasteiger partial charge in [-0.1, -0.05) is 18.2 Å². The lowest BCUT2D eigenvalue weighted by Gasteiger charge is -2.24. The van der Waals surface area contributed by atoms with Gasteiger partial charge in [0, 0.05) is 29.9 Å². The number of nitrogens with one attached hydrogen (secondary N) is 4. The third kappa shape index (κ3) is 10.2. The van der Waals surface area contributed by atoms with E-state index in [4.69, 9.17) is 21.7 Å². The van der Waals surface area contributed by atoms with Crippen LogP contribution in [-0.2, 0) is 40.0 Å². The van der Waals surface area contributed by atoms with Crippen LogP contribution in [0.5, 0.6) is 0 Å². The lowest BCUT2D eigenvalue weighted by atomic mass is 10.0. The third-order valence-corrected chi connectivity index (χ3v) is 6.03. The number of aromatic amines is 1. The normalized spacial score (nSPS) is 13.8. The van der Waals surface area contributed by atoms with E-state index in [1.54, 1.807) is 12.3 Å². The Morgan fingerprint density at radius 2 is 1.32 bits per heavy atom. The van der Waals surface area contributed by atoms with Crippen LogP contribution in [0.2, 0.25) is 0 Å². The fourth-order valence-electron chi connectivity index (χ4n) is 3.93. The standard InChI is InChI=1S/C25H32N6O10/c26-14(9-12-11-28-15-4-2-1-3-13(12)15)22(37)29-16(5-7-20(33)34)23(38)31-18(10-19(27)32)24(39)30-17(25(40)41)6-8-21(35)36/h1-4,11,14,16-18,28H,5-10,26H2,(H2,27,32)(H,29,37)(H,30,39)(H,31,38)(H,33,34)(H,35,36)(H,40,41). The van der Waals surface area contributed by atoms with Crippen molar-refractivity contribution in [2.24, 2.45) is 11.5 Å². The van der Waals surface area contributed by atoms with Crippen LogP contribution < -0.4 is 27.4 Å². The number of fused-ring (bicyclic) bond motifs is 1. The fourth-order valence-corrected chi connectivity index (χ4v) is 3.93. The molecule has 11 N–H and O–H groups in total. The molecule has 1 aromatic carbocycles. The first-order chi connectivity index (χ1) is 19.3. The molecule has 0 aliphatic rings. The van der Waals surface area contributed by atoms with Crippen molar-refractivity contribution in [1.82, 2.24) is 20.9 Å². The van der Waals surface area contributed by atoms with Gasteiger partial charge in [-0.05, 0) is 30.9 Å². The van der Waals surface area contributed by atoms with Crippen molar-refractivity contribution in [3.05, 3.63) is 36.0 Å². The zero-order chi connectivity index (χ0) is 30.7. The van der Waals surface area contributed by atoms with Gasteiger partial charge in [-0.25, -0.2) is 4.79 Å². The molecule has 222 valence electrons. The molecule has 1 aromatic heterocycles. The molecule has 16 heteroatoms. The number of carbonyl (C=O) groups excluding carboxylic acids is 4. The van der Waals surface area contributed by atoms with E-state index in [1.807, 2.05) is 23.5 Å². The van der Waals surface area contributed by atoms with Crippen LogP contribution in [0.15, 0.2) is 30.5 Å². The van der Waals surface area contributed by atoms with Crippen molar-refractivity contribution < 1.29 is 48.9 Å². The van der Waals surface area contributed by atoms with E-state index in [2.05, 4.69) is 15.6 Å². The molecular formula is C25H32N6O10. The average molecular weight is 577 g/mol. The second kappa shape index (κ2) is 15.0. The van der Waals surface area contributed by atoms with Gasteiger partial charge >= 0.3 is 17.9 Å². The zero-order valence-corrected chi connectivity index (χ0v) is 21.8. The number of H-pyrrole nitrogens is 1. The van der Waals surface area contributed by atoms with Gasteiger partial charge in [0.15, 0.2) is 0 Å². The van der Waals surface area contributed by atoms with E-state index in [1.165, 1.54) is 0 Å². The first-order valence-corrected chi connectivity index (χ1v) is 12.4. The van der Waals surface area contributed by atoms with Crippen molar-refractivity contribution in [3.8, 4) is 0 Å². The van der Waals surface area contributed by atoms with Gasteiger partial charge in [-0.2, -0.15) is 0 Å². The lowest BCUT2D eigenvalue weighted by molar-refractivity contribution is -0.143. The number of hydrogen-bond donors (Lipinski definition) is 9. The number of rotatable bonds is 17. The Kier molecular flexibility index (Phi) is 11.8. The molecule has 4 amide bonds. The van der Waals surface area contributed by atoms with Gasteiger partial charge in [0.2, 0.25) is 23.6 Å². The van der Waals surface area contributed by atoms with Gasteiger partial charge in [0.1, 0.15) is 18.1 Å². The zero-order valence-electron chi connectivity index (χ0n) is 21.8. The average Bonchev–Trinajstić information content (AvgIpc) is 3.30. The van der Waals surface area contributed by atoms with Crippen molar-refractivity contribution in [2.75, 3.05) is 0 Å². The third-order valence-electron chi connectivity index (χ3n) is 6.03. The largest absolute Gasteiger partial charge is 0.481 e. The van der Waals surface area contributed by atoms with Crippen LogP contribution in [0, 0.1) is 0 Å². The van der Waals surface area contributed by atoms with Crippen LogP contribution in [0.25, 0.3) is 10.9 Å². The fraction of sp³-hybridized carbons (Fsp3) is 0.400. The topological polar surface area (TPSA) is 284 Å². The van der Waals surface area contributed by atoms with Crippen molar-refractivity contribution in [1.29, 1.82) is 0 Å². The maximum absolute atomic E-state index is 13.0. The van der Waals surface area contributed by atoms with E-state index in [9.17, 15) is 38.7 Å². The highest BCUT2D eigenvalue weighted by Crippen LogP contribution is 2.19. The SMILES string of the molecule is NC(=O)CC(NC(=O)C(CCC(=O)O)NC(=O)C(N)Cc1c[nH]c2ccccc12)C(=O)NC(CCC(=O)O)C(=O)O. The van der Waals surface area contributed by atoms with Crippen molar-refractivity contribution in [2.45, 2.75) is 62.7 Å². The molecule has 0 aliphatic carbocycles. The van der Waals surface area contributed by atoms with E-state index < -0.39 is 97.8 Å².